The van der Waals surface area contributed by atoms with Crippen LogP contribution in [0.25, 0.3) is 0 Å². The van der Waals surface area contributed by atoms with Gasteiger partial charge in [0.2, 0.25) is 11.8 Å². The Balaban J connectivity index is 1.48. The number of piperazine rings is 2. The second-order valence-corrected chi connectivity index (χ2v) is 5.95. The van der Waals surface area contributed by atoms with E-state index in [1.54, 1.807) is 6.20 Å². The maximum absolute atomic E-state index is 12.3. The highest BCUT2D eigenvalue weighted by molar-refractivity contribution is 5.84. The normalized spacial score (nSPS) is 22.3. The lowest BCUT2D eigenvalue weighted by Crippen LogP contribution is -2.64. The molecule has 1 aromatic rings. The Morgan fingerprint density at radius 1 is 1.41 bits per heavy atom. The summed E-state index contributed by atoms with van der Waals surface area (Å²) in [7, 11) is 0. The number of fused-ring (bicyclic) bond motifs is 1. The molecule has 2 saturated heterocycles. The fourth-order valence-electron chi connectivity index (χ4n) is 3.20. The molecule has 2 fully saturated rings. The van der Waals surface area contributed by atoms with Crippen molar-refractivity contribution in [3.05, 3.63) is 18.2 Å². The van der Waals surface area contributed by atoms with Crippen molar-refractivity contribution in [1.29, 1.82) is 0 Å². The summed E-state index contributed by atoms with van der Waals surface area (Å²) >= 11 is 0. The number of rotatable bonds is 4. The molecule has 2 amide bonds. The van der Waals surface area contributed by atoms with Crippen molar-refractivity contribution < 1.29 is 9.59 Å². The minimum atomic E-state index is -0.164. The van der Waals surface area contributed by atoms with Gasteiger partial charge >= 0.3 is 0 Å². The van der Waals surface area contributed by atoms with Crippen LogP contribution in [0.3, 0.4) is 0 Å². The third kappa shape index (κ3) is 3.14. The summed E-state index contributed by atoms with van der Waals surface area (Å²) in [5.74, 6) is 1.17. The van der Waals surface area contributed by atoms with E-state index in [1.807, 2.05) is 18.0 Å². The molecule has 0 aromatic carbocycles. The van der Waals surface area contributed by atoms with Crippen molar-refractivity contribution in [3.8, 4) is 0 Å². The monoisotopic (exact) mass is 305 g/mol. The number of imidazole rings is 1. The van der Waals surface area contributed by atoms with Gasteiger partial charge in [-0.05, 0) is 13.3 Å². The van der Waals surface area contributed by atoms with Crippen molar-refractivity contribution >= 4 is 11.8 Å². The minimum Gasteiger partial charge on any atom is -0.353 e. The molecular weight excluding hydrogens is 282 g/mol. The first-order valence-electron chi connectivity index (χ1n) is 7.92. The minimum absolute atomic E-state index is 0.0535. The molecule has 0 radical (unpaired) electrons. The van der Waals surface area contributed by atoms with Crippen molar-refractivity contribution in [1.82, 2.24) is 24.7 Å². The molecule has 0 saturated carbocycles. The fraction of sp³-hybridized carbons (Fsp3) is 0.667. The van der Waals surface area contributed by atoms with E-state index in [0.29, 0.717) is 19.5 Å². The summed E-state index contributed by atoms with van der Waals surface area (Å²) in [6.45, 7) is 6.42. The van der Waals surface area contributed by atoms with E-state index in [2.05, 4.69) is 19.8 Å². The first-order valence-corrected chi connectivity index (χ1v) is 7.92. The highest BCUT2D eigenvalue weighted by Gasteiger charge is 2.35. The van der Waals surface area contributed by atoms with E-state index >= 15 is 0 Å². The zero-order valence-corrected chi connectivity index (χ0v) is 13.0. The number of nitrogens with zero attached hydrogens (tertiary/aromatic N) is 4. The number of hydrogen-bond donors (Lipinski definition) is 1. The second kappa shape index (κ2) is 6.48. The molecule has 3 rings (SSSR count). The zero-order valence-electron chi connectivity index (χ0n) is 13.0. The van der Waals surface area contributed by atoms with E-state index < -0.39 is 0 Å². The standard InChI is InChI=1S/C15H23N5O2/c1-12-16-4-7-18(12)6-2-3-14(21)20-10-9-19-8-5-17-15(22)13(19)11-20/h4,7,13H,2-3,5-6,8-11H2,1H3,(H,17,22). The van der Waals surface area contributed by atoms with Gasteiger partial charge in [0.15, 0.2) is 0 Å². The topological polar surface area (TPSA) is 70.5 Å². The van der Waals surface area contributed by atoms with Gasteiger partial charge in [0.25, 0.3) is 0 Å². The SMILES string of the molecule is Cc1nccn1CCCC(=O)N1CCN2CCNC(=O)C2C1. The Morgan fingerprint density at radius 3 is 3.05 bits per heavy atom. The van der Waals surface area contributed by atoms with Crippen LogP contribution >= 0.6 is 0 Å². The summed E-state index contributed by atoms with van der Waals surface area (Å²) in [5.41, 5.74) is 0. The van der Waals surface area contributed by atoms with E-state index in [0.717, 1.165) is 38.4 Å². The molecule has 1 aromatic heterocycles. The highest BCUT2D eigenvalue weighted by atomic mass is 16.2. The fourth-order valence-corrected chi connectivity index (χ4v) is 3.20. The molecule has 1 atom stereocenters. The van der Waals surface area contributed by atoms with Crippen LogP contribution in [0.5, 0.6) is 0 Å². The molecule has 120 valence electrons. The lowest BCUT2D eigenvalue weighted by molar-refractivity contribution is -0.140. The Labute approximate surface area is 130 Å². The van der Waals surface area contributed by atoms with Crippen LogP contribution in [0.1, 0.15) is 18.7 Å². The quantitative estimate of drug-likeness (QED) is 0.823. The number of carbonyl (C=O) groups is 2. The molecule has 0 spiro atoms. The van der Waals surface area contributed by atoms with Crippen LogP contribution in [0, 0.1) is 6.92 Å². The number of aromatic nitrogens is 2. The van der Waals surface area contributed by atoms with E-state index in [-0.39, 0.29) is 17.9 Å². The lowest BCUT2D eigenvalue weighted by Gasteiger charge is -2.43. The van der Waals surface area contributed by atoms with Gasteiger partial charge < -0.3 is 14.8 Å². The van der Waals surface area contributed by atoms with Crippen LogP contribution in [0.15, 0.2) is 12.4 Å². The van der Waals surface area contributed by atoms with E-state index in [1.165, 1.54) is 0 Å². The Morgan fingerprint density at radius 2 is 2.27 bits per heavy atom. The Kier molecular flexibility index (Phi) is 4.42. The van der Waals surface area contributed by atoms with Gasteiger partial charge in [-0.2, -0.15) is 0 Å². The van der Waals surface area contributed by atoms with Crippen molar-refractivity contribution in [3.63, 3.8) is 0 Å². The average Bonchev–Trinajstić information content (AvgIpc) is 2.93. The largest absolute Gasteiger partial charge is 0.353 e. The van der Waals surface area contributed by atoms with Gasteiger partial charge in [-0.1, -0.05) is 0 Å². The molecule has 2 aliphatic heterocycles. The van der Waals surface area contributed by atoms with Gasteiger partial charge in [0, 0.05) is 58.1 Å². The van der Waals surface area contributed by atoms with Crippen LogP contribution in [-0.4, -0.2) is 69.9 Å². The van der Waals surface area contributed by atoms with Crippen molar-refractivity contribution in [2.45, 2.75) is 32.4 Å². The van der Waals surface area contributed by atoms with Gasteiger partial charge in [-0.25, -0.2) is 4.98 Å². The summed E-state index contributed by atoms with van der Waals surface area (Å²) < 4.78 is 2.06. The van der Waals surface area contributed by atoms with Crippen molar-refractivity contribution in [2.24, 2.45) is 0 Å². The number of hydrogen-bond acceptors (Lipinski definition) is 4. The van der Waals surface area contributed by atoms with Crippen LogP contribution in [0.2, 0.25) is 0 Å². The van der Waals surface area contributed by atoms with E-state index in [4.69, 9.17) is 0 Å². The number of carbonyl (C=O) groups excluding carboxylic acids is 2. The molecule has 7 heteroatoms. The molecule has 22 heavy (non-hydrogen) atoms. The summed E-state index contributed by atoms with van der Waals surface area (Å²) in [5, 5.41) is 2.88. The molecular formula is C15H23N5O2. The second-order valence-electron chi connectivity index (χ2n) is 5.95. The predicted octanol–water partition coefficient (Wildman–Crippen LogP) is -0.386. The first kappa shape index (κ1) is 15.0. The average molecular weight is 305 g/mol. The molecule has 7 nitrogen and oxygen atoms in total. The van der Waals surface area contributed by atoms with Crippen molar-refractivity contribution in [2.75, 3.05) is 32.7 Å². The first-order chi connectivity index (χ1) is 10.6. The van der Waals surface area contributed by atoms with Gasteiger partial charge in [0.05, 0.1) is 0 Å². The highest BCUT2D eigenvalue weighted by Crippen LogP contribution is 2.14. The van der Waals surface area contributed by atoms with Crippen LogP contribution < -0.4 is 5.32 Å². The zero-order chi connectivity index (χ0) is 15.5. The lowest BCUT2D eigenvalue weighted by atomic mass is 10.1. The molecule has 0 aliphatic carbocycles. The van der Waals surface area contributed by atoms with Gasteiger partial charge in [0.1, 0.15) is 11.9 Å². The number of aryl methyl sites for hydroxylation is 2. The molecule has 2 aliphatic rings. The smallest absolute Gasteiger partial charge is 0.239 e. The Bertz CT molecular complexity index is 556. The third-order valence-electron chi connectivity index (χ3n) is 4.56. The molecule has 1 N–H and O–H groups in total. The Hall–Kier alpha value is -1.89. The number of nitrogens with one attached hydrogen (secondary N) is 1. The molecule has 3 heterocycles. The maximum Gasteiger partial charge on any atom is 0.239 e. The molecule has 0 bridgehead atoms. The third-order valence-corrected chi connectivity index (χ3v) is 4.56. The maximum atomic E-state index is 12.3. The summed E-state index contributed by atoms with van der Waals surface area (Å²) in [4.78, 5) is 32.4. The van der Waals surface area contributed by atoms with E-state index in [9.17, 15) is 9.59 Å². The van der Waals surface area contributed by atoms with Crippen LogP contribution in [0.4, 0.5) is 0 Å². The number of amides is 2. The summed E-state index contributed by atoms with van der Waals surface area (Å²) in [6.07, 6.45) is 5.03. The van der Waals surface area contributed by atoms with Crippen LogP contribution in [-0.2, 0) is 16.1 Å². The van der Waals surface area contributed by atoms with Gasteiger partial charge in [-0.15, -0.1) is 0 Å². The predicted molar refractivity (Wildman–Crippen MR) is 81.1 cm³/mol. The molecule has 1 unspecified atom stereocenters. The van der Waals surface area contributed by atoms with Gasteiger partial charge in [-0.3, -0.25) is 14.5 Å². The summed E-state index contributed by atoms with van der Waals surface area (Å²) in [6, 6.07) is -0.164.